The molecule has 0 atom stereocenters. The molecule has 0 bridgehead atoms. The molecule has 1 N–H and O–H groups in total. The van der Waals surface area contributed by atoms with E-state index >= 15 is 0 Å². The monoisotopic (exact) mass is 405 g/mol. The van der Waals surface area contributed by atoms with Crippen molar-refractivity contribution in [3.63, 3.8) is 0 Å². The quantitative estimate of drug-likeness (QED) is 0.629. The summed E-state index contributed by atoms with van der Waals surface area (Å²) in [6.07, 6.45) is 3.29. The van der Waals surface area contributed by atoms with E-state index < -0.39 is 30.9 Å². The van der Waals surface area contributed by atoms with Gasteiger partial charge in [-0.15, -0.1) is 5.10 Å². The summed E-state index contributed by atoms with van der Waals surface area (Å²) >= 11 is 0. The van der Waals surface area contributed by atoms with Crippen LogP contribution in [-0.2, 0) is 26.3 Å². The summed E-state index contributed by atoms with van der Waals surface area (Å²) in [7, 11) is -7.19. The van der Waals surface area contributed by atoms with Crippen LogP contribution in [0.25, 0.3) is 0 Å². The van der Waals surface area contributed by atoms with Gasteiger partial charge >= 0.3 is 5.22 Å². The normalized spacial score (nSPS) is 12.4. The highest BCUT2D eigenvalue weighted by molar-refractivity contribution is 7.90. The van der Waals surface area contributed by atoms with Crippen molar-refractivity contribution in [3.05, 3.63) is 35.5 Å². The van der Waals surface area contributed by atoms with Crippen LogP contribution < -0.4 is 4.72 Å². The number of hydrogen-bond donors (Lipinski definition) is 1. The third-order valence-corrected chi connectivity index (χ3v) is 5.82. The van der Waals surface area contributed by atoms with E-state index in [1.54, 1.807) is 0 Å². The maximum Gasteiger partial charge on any atom is 0.335 e. The predicted octanol–water partition coefficient (Wildman–Crippen LogP) is 1.61. The highest BCUT2D eigenvalue weighted by Gasteiger charge is 2.16. The third-order valence-electron chi connectivity index (χ3n) is 3.56. The maximum atomic E-state index is 13.2. The highest BCUT2D eigenvalue weighted by atomic mass is 32.2. The molecule has 0 spiro atoms. The van der Waals surface area contributed by atoms with Crippen molar-refractivity contribution in [2.45, 2.75) is 42.7 Å². The standard InChI is InChI=1S/C15H20FN3O5S2/c1-11-10-12(7-8-13(11)16)26(22,23)17-9-5-3-4-6-14-18-19-15(24-14)25(2,20)21/h7-8,10,17H,3-6,9H2,1-2H3. The second kappa shape index (κ2) is 8.23. The van der Waals surface area contributed by atoms with Gasteiger partial charge in [0, 0.05) is 19.2 Å². The van der Waals surface area contributed by atoms with E-state index in [2.05, 4.69) is 14.9 Å². The lowest BCUT2D eigenvalue weighted by atomic mass is 10.2. The summed E-state index contributed by atoms with van der Waals surface area (Å²) in [4.78, 5) is 0.0237. The number of nitrogens with zero attached hydrogens (tertiary/aromatic N) is 2. The SMILES string of the molecule is Cc1cc(S(=O)(=O)NCCCCCc2nnc(S(C)(=O)=O)o2)ccc1F. The highest BCUT2D eigenvalue weighted by Crippen LogP contribution is 2.14. The molecule has 1 aromatic carbocycles. The summed E-state index contributed by atoms with van der Waals surface area (Å²) in [5, 5.41) is 6.71. The van der Waals surface area contributed by atoms with Crippen molar-refractivity contribution in [2.24, 2.45) is 0 Å². The Morgan fingerprint density at radius 1 is 1.12 bits per heavy atom. The number of sulfone groups is 1. The molecule has 0 aliphatic heterocycles. The van der Waals surface area contributed by atoms with Crippen molar-refractivity contribution in [1.29, 1.82) is 0 Å². The van der Waals surface area contributed by atoms with Crippen LogP contribution in [0.3, 0.4) is 0 Å². The van der Waals surface area contributed by atoms with Gasteiger partial charge in [0.25, 0.3) is 0 Å². The Kier molecular flexibility index (Phi) is 6.48. The molecule has 144 valence electrons. The number of benzene rings is 1. The molecule has 0 unspecified atom stereocenters. The van der Waals surface area contributed by atoms with Gasteiger partial charge < -0.3 is 4.42 Å². The summed E-state index contributed by atoms with van der Waals surface area (Å²) in [6.45, 7) is 1.73. The summed E-state index contributed by atoms with van der Waals surface area (Å²) < 4.78 is 67.4. The minimum absolute atomic E-state index is 0.0237. The van der Waals surface area contributed by atoms with E-state index in [4.69, 9.17) is 4.42 Å². The number of nitrogens with one attached hydrogen (secondary N) is 1. The first-order chi connectivity index (χ1) is 12.1. The van der Waals surface area contributed by atoms with Crippen LogP contribution in [-0.4, -0.2) is 39.8 Å². The molecule has 0 aliphatic carbocycles. The molecular weight excluding hydrogens is 385 g/mol. The lowest BCUT2D eigenvalue weighted by molar-refractivity contribution is 0.392. The van der Waals surface area contributed by atoms with Crippen molar-refractivity contribution < 1.29 is 25.6 Å². The predicted molar refractivity (Wildman–Crippen MR) is 91.3 cm³/mol. The van der Waals surface area contributed by atoms with Crippen LogP contribution in [0.4, 0.5) is 4.39 Å². The van der Waals surface area contributed by atoms with Gasteiger partial charge in [0.1, 0.15) is 5.82 Å². The first-order valence-corrected chi connectivity index (χ1v) is 11.3. The number of sulfonamides is 1. The average Bonchev–Trinajstić information content (AvgIpc) is 3.02. The van der Waals surface area contributed by atoms with E-state index in [1.807, 2.05) is 0 Å². The summed E-state index contributed by atoms with van der Waals surface area (Å²) in [5.74, 6) is -0.225. The number of aryl methyl sites for hydroxylation is 2. The van der Waals surface area contributed by atoms with Crippen LogP contribution in [0.1, 0.15) is 30.7 Å². The fourth-order valence-electron chi connectivity index (χ4n) is 2.14. The molecule has 0 aliphatic rings. The summed E-state index contributed by atoms with van der Waals surface area (Å²) in [5.41, 5.74) is 0.265. The molecule has 2 aromatic rings. The fraction of sp³-hybridized carbons (Fsp3) is 0.467. The number of unbranched alkanes of at least 4 members (excludes halogenated alkanes) is 2. The zero-order valence-electron chi connectivity index (χ0n) is 14.4. The fourth-order valence-corrected chi connectivity index (χ4v) is 3.74. The number of hydrogen-bond acceptors (Lipinski definition) is 7. The van der Waals surface area contributed by atoms with Gasteiger partial charge in [0.05, 0.1) is 4.90 Å². The molecule has 1 heterocycles. The van der Waals surface area contributed by atoms with Crippen LogP contribution >= 0.6 is 0 Å². The van der Waals surface area contributed by atoms with Gasteiger partial charge in [0.2, 0.25) is 25.8 Å². The van der Waals surface area contributed by atoms with Crippen molar-refractivity contribution in [2.75, 3.05) is 12.8 Å². The largest absolute Gasteiger partial charge is 0.413 e. The van der Waals surface area contributed by atoms with Gasteiger partial charge in [-0.1, -0.05) is 11.5 Å². The minimum atomic E-state index is -3.68. The number of halogens is 1. The second-order valence-electron chi connectivity index (χ2n) is 5.85. The van der Waals surface area contributed by atoms with Gasteiger partial charge in [-0.05, 0) is 43.5 Å². The lowest BCUT2D eigenvalue weighted by Gasteiger charge is -2.07. The Bertz CT molecular complexity index is 971. The lowest BCUT2D eigenvalue weighted by Crippen LogP contribution is -2.25. The smallest absolute Gasteiger partial charge is 0.335 e. The van der Waals surface area contributed by atoms with Crippen molar-refractivity contribution in [1.82, 2.24) is 14.9 Å². The van der Waals surface area contributed by atoms with Crippen molar-refractivity contribution in [3.8, 4) is 0 Å². The van der Waals surface area contributed by atoms with Crippen LogP contribution in [0.2, 0.25) is 0 Å². The Balaban J connectivity index is 1.75. The van der Waals surface area contributed by atoms with Crippen LogP contribution in [0.15, 0.2) is 32.7 Å². The van der Waals surface area contributed by atoms with E-state index in [9.17, 15) is 21.2 Å². The molecule has 0 radical (unpaired) electrons. The zero-order chi connectivity index (χ0) is 19.4. The molecule has 11 heteroatoms. The third kappa shape index (κ3) is 5.58. The maximum absolute atomic E-state index is 13.2. The number of aromatic nitrogens is 2. The second-order valence-corrected chi connectivity index (χ2v) is 9.51. The molecular formula is C15H20FN3O5S2. The Hall–Kier alpha value is -1.85. The zero-order valence-corrected chi connectivity index (χ0v) is 16.0. The van der Waals surface area contributed by atoms with Crippen molar-refractivity contribution >= 4 is 19.9 Å². The van der Waals surface area contributed by atoms with Crippen LogP contribution in [0.5, 0.6) is 0 Å². The Morgan fingerprint density at radius 3 is 2.46 bits per heavy atom. The van der Waals surface area contributed by atoms with E-state index in [0.717, 1.165) is 12.3 Å². The molecule has 0 fully saturated rings. The molecule has 26 heavy (non-hydrogen) atoms. The molecule has 0 amide bonds. The molecule has 1 aromatic heterocycles. The molecule has 0 saturated heterocycles. The van der Waals surface area contributed by atoms with E-state index in [1.165, 1.54) is 19.1 Å². The number of rotatable bonds is 9. The van der Waals surface area contributed by atoms with Crippen LogP contribution in [0, 0.1) is 12.7 Å². The molecule has 2 rings (SSSR count). The van der Waals surface area contributed by atoms with E-state index in [-0.39, 0.29) is 22.9 Å². The first kappa shape index (κ1) is 20.5. The minimum Gasteiger partial charge on any atom is -0.413 e. The van der Waals surface area contributed by atoms with Gasteiger partial charge in [-0.25, -0.2) is 25.9 Å². The molecule has 8 nitrogen and oxygen atoms in total. The average molecular weight is 405 g/mol. The van der Waals surface area contributed by atoms with Gasteiger partial charge in [-0.3, -0.25) is 0 Å². The topological polar surface area (TPSA) is 119 Å². The Morgan fingerprint density at radius 2 is 1.85 bits per heavy atom. The van der Waals surface area contributed by atoms with Gasteiger partial charge in [0.15, 0.2) is 0 Å². The first-order valence-electron chi connectivity index (χ1n) is 7.88. The summed E-state index contributed by atoms with van der Waals surface area (Å²) in [6, 6.07) is 3.63. The molecule has 0 saturated carbocycles. The van der Waals surface area contributed by atoms with E-state index in [0.29, 0.717) is 25.7 Å². The Labute approximate surface area is 151 Å². The van der Waals surface area contributed by atoms with Gasteiger partial charge in [-0.2, -0.15) is 0 Å².